The molecule has 0 saturated carbocycles. The van der Waals surface area contributed by atoms with Crippen molar-refractivity contribution >= 4 is 11.9 Å². The van der Waals surface area contributed by atoms with Crippen molar-refractivity contribution in [2.45, 2.75) is 39.0 Å². The van der Waals surface area contributed by atoms with Crippen LogP contribution in [0.25, 0.3) is 0 Å². The van der Waals surface area contributed by atoms with Crippen LogP contribution in [-0.2, 0) is 9.53 Å². The van der Waals surface area contributed by atoms with E-state index in [4.69, 9.17) is 4.74 Å². The van der Waals surface area contributed by atoms with E-state index in [1.807, 2.05) is 36.4 Å². The van der Waals surface area contributed by atoms with Gasteiger partial charge in [0.2, 0.25) is 5.90 Å². The van der Waals surface area contributed by atoms with Gasteiger partial charge in [-0.3, -0.25) is 0 Å². The Bertz CT molecular complexity index is 489. The van der Waals surface area contributed by atoms with Crippen LogP contribution in [0.15, 0.2) is 47.1 Å². The molecule has 1 aromatic carbocycles. The summed E-state index contributed by atoms with van der Waals surface area (Å²) in [5.41, 5.74) is 1.28. The van der Waals surface area contributed by atoms with Crippen molar-refractivity contribution < 1.29 is 9.53 Å². The van der Waals surface area contributed by atoms with Crippen LogP contribution in [0.4, 0.5) is 0 Å². The number of nitrogens with zero attached hydrogens (tertiary/aromatic N) is 1. The first-order valence-electron chi connectivity index (χ1n) is 6.87. The number of esters is 1. The van der Waals surface area contributed by atoms with Gasteiger partial charge in [-0.05, 0) is 25.0 Å². The predicted octanol–water partition coefficient (Wildman–Crippen LogP) is 3.84. The zero-order valence-electron chi connectivity index (χ0n) is 11.3. The van der Waals surface area contributed by atoms with Gasteiger partial charge in [-0.25, -0.2) is 9.79 Å². The normalized spacial score (nSPS) is 16.6. The van der Waals surface area contributed by atoms with Gasteiger partial charge in [0, 0.05) is 5.56 Å². The summed E-state index contributed by atoms with van der Waals surface area (Å²) >= 11 is 0. The molecule has 0 aromatic heterocycles. The molecule has 0 spiro atoms. The lowest BCUT2D eigenvalue weighted by molar-refractivity contribution is -0.130. The number of hydrogen-bond acceptors (Lipinski definition) is 3. The van der Waals surface area contributed by atoms with Crippen molar-refractivity contribution in [3.8, 4) is 0 Å². The average molecular weight is 257 g/mol. The Balaban J connectivity index is 1.97. The van der Waals surface area contributed by atoms with Gasteiger partial charge in [-0.1, -0.05) is 50.5 Å². The minimum absolute atomic E-state index is 0.339. The fraction of sp³-hybridized carbons (Fsp3) is 0.375. The third-order valence-corrected chi connectivity index (χ3v) is 3.04. The number of benzene rings is 1. The number of cyclic esters (lactones) is 1. The molecule has 19 heavy (non-hydrogen) atoms. The summed E-state index contributed by atoms with van der Waals surface area (Å²) in [5.74, 6) is 0.0692. The lowest BCUT2D eigenvalue weighted by Gasteiger charge is -1.97. The van der Waals surface area contributed by atoms with Gasteiger partial charge in [0.1, 0.15) is 5.70 Å². The third kappa shape index (κ3) is 3.78. The van der Waals surface area contributed by atoms with Gasteiger partial charge in [-0.15, -0.1) is 0 Å². The van der Waals surface area contributed by atoms with Gasteiger partial charge in [0.15, 0.2) is 0 Å². The fourth-order valence-electron chi connectivity index (χ4n) is 1.96. The van der Waals surface area contributed by atoms with Crippen LogP contribution in [0.2, 0.25) is 0 Å². The van der Waals surface area contributed by atoms with E-state index in [0.29, 0.717) is 11.6 Å². The van der Waals surface area contributed by atoms with E-state index in [-0.39, 0.29) is 5.97 Å². The van der Waals surface area contributed by atoms with Crippen molar-refractivity contribution in [3.63, 3.8) is 0 Å². The largest absolute Gasteiger partial charge is 0.402 e. The van der Waals surface area contributed by atoms with E-state index in [1.54, 1.807) is 0 Å². The third-order valence-electron chi connectivity index (χ3n) is 3.04. The van der Waals surface area contributed by atoms with Crippen molar-refractivity contribution in [2.24, 2.45) is 4.99 Å². The highest BCUT2D eigenvalue weighted by Gasteiger charge is 2.23. The molecule has 0 N–H and O–H groups in total. The number of rotatable bonds is 6. The number of carbonyl (C=O) groups is 1. The summed E-state index contributed by atoms with van der Waals surface area (Å²) in [6.07, 6.45) is 7.52. The molecule has 0 saturated heterocycles. The average Bonchev–Trinajstić information content (AvgIpc) is 2.81. The van der Waals surface area contributed by atoms with Crippen molar-refractivity contribution in [1.29, 1.82) is 0 Å². The summed E-state index contributed by atoms with van der Waals surface area (Å²) in [7, 11) is 0. The molecule has 0 fully saturated rings. The monoisotopic (exact) mass is 257 g/mol. The first kappa shape index (κ1) is 13.5. The summed E-state index contributed by atoms with van der Waals surface area (Å²) in [6.45, 7) is 2.18. The summed E-state index contributed by atoms with van der Waals surface area (Å²) < 4.78 is 5.18. The first-order valence-corrected chi connectivity index (χ1v) is 6.87. The topological polar surface area (TPSA) is 38.7 Å². The highest BCUT2D eigenvalue weighted by Crippen LogP contribution is 2.17. The number of unbranched alkanes of at least 4 members (excludes halogenated alkanes) is 4. The molecule has 1 aromatic rings. The van der Waals surface area contributed by atoms with Crippen LogP contribution < -0.4 is 0 Å². The molecule has 1 heterocycles. The number of aliphatic imine (C=N–C) groups is 1. The maximum Gasteiger partial charge on any atom is 0.363 e. The molecule has 0 radical (unpaired) electrons. The van der Waals surface area contributed by atoms with Gasteiger partial charge in [-0.2, -0.15) is 0 Å². The van der Waals surface area contributed by atoms with E-state index in [2.05, 4.69) is 11.9 Å². The van der Waals surface area contributed by atoms with Gasteiger partial charge < -0.3 is 4.74 Å². The van der Waals surface area contributed by atoms with Crippen molar-refractivity contribution in [3.05, 3.63) is 47.7 Å². The van der Waals surface area contributed by atoms with Crippen LogP contribution in [0.1, 0.15) is 44.6 Å². The number of carbonyl (C=O) groups excluding carboxylic acids is 1. The Kier molecular flexibility index (Phi) is 4.90. The van der Waals surface area contributed by atoms with Gasteiger partial charge in [0.05, 0.1) is 0 Å². The molecule has 0 unspecified atom stereocenters. The zero-order chi connectivity index (χ0) is 13.5. The quantitative estimate of drug-likeness (QED) is 0.441. The second kappa shape index (κ2) is 6.88. The maximum atomic E-state index is 11.7. The SMILES string of the molecule is CCCCCCC=C1N=C(c2ccccc2)OC1=O. The first-order chi connectivity index (χ1) is 9.31. The standard InChI is InChI=1S/C16H19NO2/c1-2-3-4-5-9-12-14-16(18)19-15(17-14)13-10-7-6-8-11-13/h6-8,10-12H,2-5,9H2,1H3. The minimum atomic E-state index is -0.339. The van der Waals surface area contributed by atoms with Crippen LogP contribution >= 0.6 is 0 Å². The molecule has 1 aliphatic rings. The molecule has 3 nitrogen and oxygen atoms in total. The molecule has 2 rings (SSSR count). The van der Waals surface area contributed by atoms with E-state index < -0.39 is 0 Å². The Morgan fingerprint density at radius 2 is 1.95 bits per heavy atom. The van der Waals surface area contributed by atoms with Crippen molar-refractivity contribution in [1.82, 2.24) is 0 Å². The lowest BCUT2D eigenvalue weighted by Crippen LogP contribution is -2.04. The number of ether oxygens (including phenoxy) is 1. The van der Waals surface area contributed by atoms with Crippen LogP contribution in [-0.4, -0.2) is 11.9 Å². The van der Waals surface area contributed by atoms with E-state index in [1.165, 1.54) is 19.3 Å². The Morgan fingerprint density at radius 3 is 2.68 bits per heavy atom. The lowest BCUT2D eigenvalue weighted by atomic mass is 10.1. The highest BCUT2D eigenvalue weighted by atomic mass is 16.6. The summed E-state index contributed by atoms with van der Waals surface area (Å²) in [5, 5.41) is 0. The highest BCUT2D eigenvalue weighted by molar-refractivity contribution is 6.11. The number of hydrogen-bond donors (Lipinski definition) is 0. The second-order valence-electron chi connectivity index (χ2n) is 4.61. The minimum Gasteiger partial charge on any atom is -0.402 e. The summed E-state index contributed by atoms with van der Waals surface area (Å²) in [6, 6.07) is 9.49. The molecular weight excluding hydrogens is 238 g/mol. The summed E-state index contributed by atoms with van der Waals surface area (Å²) in [4.78, 5) is 15.9. The van der Waals surface area contributed by atoms with Crippen molar-refractivity contribution in [2.75, 3.05) is 0 Å². The van der Waals surface area contributed by atoms with Crippen LogP contribution in [0.5, 0.6) is 0 Å². The van der Waals surface area contributed by atoms with E-state index >= 15 is 0 Å². The molecule has 100 valence electrons. The molecule has 1 aliphatic heterocycles. The second-order valence-corrected chi connectivity index (χ2v) is 4.61. The smallest absolute Gasteiger partial charge is 0.363 e. The molecule has 0 amide bonds. The molecule has 0 atom stereocenters. The van der Waals surface area contributed by atoms with E-state index in [9.17, 15) is 4.79 Å². The Hall–Kier alpha value is -1.90. The zero-order valence-corrected chi connectivity index (χ0v) is 11.3. The van der Waals surface area contributed by atoms with Crippen LogP contribution in [0, 0.1) is 0 Å². The maximum absolute atomic E-state index is 11.7. The fourth-order valence-corrected chi connectivity index (χ4v) is 1.96. The van der Waals surface area contributed by atoms with Crippen LogP contribution in [0.3, 0.4) is 0 Å². The number of allylic oxidation sites excluding steroid dienone is 1. The molecule has 0 aliphatic carbocycles. The Morgan fingerprint density at radius 1 is 1.16 bits per heavy atom. The Labute approximate surface area is 114 Å². The van der Waals surface area contributed by atoms with E-state index in [0.717, 1.165) is 18.4 Å². The molecule has 0 bridgehead atoms. The molecule has 3 heteroatoms. The van der Waals surface area contributed by atoms with Gasteiger partial charge in [0.25, 0.3) is 0 Å². The molecular formula is C16H19NO2. The predicted molar refractivity (Wildman–Crippen MR) is 75.9 cm³/mol. The van der Waals surface area contributed by atoms with Gasteiger partial charge >= 0.3 is 5.97 Å².